The minimum absolute atomic E-state index is 0.165. The van der Waals surface area contributed by atoms with Gasteiger partial charge in [0.25, 0.3) is 0 Å². The Bertz CT molecular complexity index is 151. The zero-order valence-electron chi connectivity index (χ0n) is 10.1. The van der Waals surface area contributed by atoms with Gasteiger partial charge < -0.3 is 10.8 Å². The Kier molecular flexibility index (Phi) is 6.26. The van der Waals surface area contributed by atoms with E-state index in [1.165, 1.54) is 38.5 Å². The summed E-state index contributed by atoms with van der Waals surface area (Å²) in [5.74, 6) is 1.19. The van der Waals surface area contributed by atoms with Crippen LogP contribution in [-0.2, 0) is 0 Å². The Labute approximate surface area is 94.2 Å². The second kappa shape index (κ2) is 7.24. The third kappa shape index (κ3) is 4.52. The molecule has 0 aromatic carbocycles. The lowest BCUT2D eigenvalue weighted by atomic mass is 9.84. The molecule has 0 amide bonds. The molecule has 0 aromatic rings. The molecule has 0 aliphatic heterocycles. The van der Waals surface area contributed by atoms with E-state index in [0.29, 0.717) is 12.5 Å². The molecular formula is C13H27NO. The number of nitrogens with two attached hydrogens (primary N) is 1. The number of aliphatic hydroxyl groups is 1. The summed E-state index contributed by atoms with van der Waals surface area (Å²) in [5.41, 5.74) is 5.63. The van der Waals surface area contributed by atoms with Crippen LogP contribution in [0.3, 0.4) is 0 Å². The van der Waals surface area contributed by atoms with E-state index in [9.17, 15) is 5.11 Å². The van der Waals surface area contributed by atoms with Gasteiger partial charge in [0, 0.05) is 0 Å². The third-order valence-corrected chi connectivity index (χ3v) is 3.97. The summed E-state index contributed by atoms with van der Waals surface area (Å²) < 4.78 is 0. The first-order valence-electron chi connectivity index (χ1n) is 6.66. The van der Waals surface area contributed by atoms with Crippen LogP contribution in [0.1, 0.15) is 58.3 Å². The molecule has 0 saturated heterocycles. The molecule has 2 atom stereocenters. The molecule has 1 aliphatic carbocycles. The predicted molar refractivity (Wildman–Crippen MR) is 64.7 cm³/mol. The van der Waals surface area contributed by atoms with Crippen molar-refractivity contribution in [2.45, 2.75) is 64.4 Å². The van der Waals surface area contributed by atoms with Crippen LogP contribution < -0.4 is 5.73 Å². The van der Waals surface area contributed by atoms with Crippen LogP contribution in [0.4, 0.5) is 0 Å². The lowest BCUT2D eigenvalue weighted by Gasteiger charge is -2.25. The third-order valence-electron chi connectivity index (χ3n) is 3.97. The zero-order chi connectivity index (χ0) is 11.1. The maximum atomic E-state index is 9.96. The van der Waals surface area contributed by atoms with Gasteiger partial charge in [-0.05, 0) is 37.6 Å². The maximum absolute atomic E-state index is 9.96. The Hall–Kier alpha value is -0.0800. The van der Waals surface area contributed by atoms with Crippen LogP contribution in [-0.4, -0.2) is 17.8 Å². The highest BCUT2D eigenvalue weighted by molar-refractivity contribution is 4.72. The van der Waals surface area contributed by atoms with E-state index < -0.39 is 0 Å². The summed E-state index contributed by atoms with van der Waals surface area (Å²) in [5, 5.41) is 9.96. The summed E-state index contributed by atoms with van der Waals surface area (Å²) in [6.45, 7) is 2.74. The zero-order valence-corrected chi connectivity index (χ0v) is 10.1. The highest BCUT2D eigenvalue weighted by atomic mass is 16.3. The standard InChI is InChI=1S/C13H27NO/c1-2-12(10-14)13(15)9-8-11-6-4-3-5-7-11/h11-13,15H,2-10,14H2,1H3. The van der Waals surface area contributed by atoms with Crippen LogP contribution in [0.15, 0.2) is 0 Å². The monoisotopic (exact) mass is 213 g/mol. The number of hydrogen-bond donors (Lipinski definition) is 2. The maximum Gasteiger partial charge on any atom is 0.0580 e. The topological polar surface area (TPSA) is 46.2 Å². The van der Waals surface area contributed by atoms with Gasteiger partial charge in [0.2, 0.25) is 0 Å². The van der Waals surface area contributed by atoms with Gasteiger partial charge in [0.15, 0.2) is 0 Å². The van der Waals surface area contributed by atoms with Crippen LogP contribution in [0.25, 0.3) is 0 Å². The van der Waals surface area contributed by atoms with Crippen molar-refractivity contribution in [3.63, 3.8) is 0 Å². The van der Waals surface area contributed by atoms with E-state index >= 15 is 0 Å². The molecule has 1 rings (SSSR count). The van der Waals surface area contributed by atoms with E-state index in [0.717, 1.165) is 18.8 Å². The Morgan fingerprint density at radius 2 is 1.93 bits per heavy atom. The average Bonchev–Trinajstić information content (AvgIpc) is 2.29. The summed E-state index contributed by atoms with van der Waals surface area (Å²) >= 11 is 0. The van der Waals surface area contributed by atoms with Gasteiger partial charge in [0.05, 0.1) is 6.10 Å². The molecule has 1 aliphatic rings. The summed E-state index contributed by atoms with van der Waals surface area (Å²) in [6.07, 6.45) is 9.98. The van der Waals surface area contributed by atoms with Gasteiger partial charge >= 0.3 is 0 Å². The second-order valence-corrected chi connectivity index (χ2v) is 5.05. The van der Waals surface area contributed by atoms with Gasteiger partial charge in [-0.25, -0.2) is 0 Å². The number of aliphatic hydroxyl groups excluding tert-OH is 1. The first-order chi connectivity index (χ1) is 7.27. The molecule has 0 heterocycles. The Morgan fingerprint density at radius 3 is 2.47 bits per heavy atom. The van der Waals surface area contributed by atoms with E-state index in [1.54, 1.807) is 0 Å². The molecule has 2 heteroatoms. The van der Waals surface area contributed by atoms with Crippen LogP contribution in [0.2, 0.25) is 0 Å². The lowest BCUT2D eigenvalue weighted by Crippen LogP contribution is -2.27. The number of rotatable bonds is 6. The fourth-order valence-corrected chi connectivity index (χ4v) is 2.71. The van der Waals surface area contributed by atoms with Crippen molar-refractivity contribution in [3.8, 4) is 0 Å². The molecule has 2 nitrogen and oxygen atoms in total. The quantitative estimate of drug-likeness (QED) is 0.712. The Morgan fingerprint density at radius 1 is 1.27 bits per heavy atom. The van der Waals surface area contributed by atoms with Crippen LogP contribution in [0.5, 0.6) is 0 Å². The van der Waals surface area contributed by atoms with Crippen molar-refractivity contribution in [2.75, 3.05) is 6.54 Å². The van der Waals surface area contributed by atoms with Crippen molar-refractivity contribution in [3.05, 3.63) is 0 Å². The molecule has 0 radical (unpaired) electrons. The minimum atomic E-state index is -0.165. The van der Waals surface area contributed by atoms with Gasteiger partial charge in [-0.3, -0.25) is 0 Å². The smallest absolute Gasteiger partial charge is 0.0580 e. The molecule has 1 saturated carbocycles. The molecule has 1 fully saturated rings. The average molecular weight is 213 g/mol. The second-order valence-electron chi connectivity index (χ2n) is 5.05. The fraction of sp³-hybridized carbons (Fsp3) is 1.00. The molecule has 3 N–H and O–H groups in total. The van der Waals surface area contributed by atoms with E-state index in [1.807, 2.05) is 0 Å². The Balaban J connectivity index is 2.16. The van der Waals surface area contributed by atoms with Crippen LogP contribution >= 0.6 is 0 Å². The van der Waals surface area contributed by atoms with E-state index in [2.05, 4.69) is 6.92 Å². The van der Waals surface area contributed by atoms with Gasteiger partial charge in [0.1, 0.15) is 0 Å². The molecule has 2 unspecified atom stereocenters. The molecule has 15 heavy (non-hydrogen) atoms. The summed E-state index contributed by atoms with van der Waals surface area (Å²) in [4.78, 5) is 0. The van der Waals surface area contributed by atoms with E-state index in [4.69, 9.17) is 5.73 Å². The highest BCUT2D eigenvalue weighted by Gasteiger charge is 2.19. The normalized spacial score (nSPS) is 22.6. The molecule has 0 aromatic heterocycles. The highest BCUT2D eigenvalue weighted by Crippen LogP contribution is 2.28. The summed E-state index contributed by atoms with van der Waals surface area (Å²) in [7, 11) is 0. The molecular weight excluding hydrogens is 186 g/mol. The fourth-order valence-electron chi connectivity index (χ4n) is 2.71. The van der Waals surface area contributed by atoms with Crippen molar-refractivity contribution < 1.29 is 5.11 Å². The van der Waals surface area contributed by atoms with Crippen LogP contribution in [0, 0.1) is 11.8 Å². The van der Waals surface area contributed by atoms with Crippen molar-refractivity contribution >= 4 is 0 Å². The largest absolute Gasteiger partial charge is 0.393 e. The molecule has 90 valence electrons. The first kappa shape index (κ1) is 13.0. The molecule has 0 bridgehead atoms. The van der Waals surface area contributed by atoms with E-state index in [-0.39, 0.29) is 6.10 Å². The van der Waals surface area contributed by atoms with Crippen molar-refractivity contribution in [2.24, 2.45) is 17.6 Å². The SMILES string of the molecule is CCC(CN)C(O)CCC1CCCCC1. The summed E-state index contributed by atoms with van der Waals surface area (Å²) in [6, 6.07) is 0. The van der Waals surface area contributed by atoms with Gasteiger partial charge in [-0.2, -0.15) is 0 Å². The van der Waals surface area contributed by atoms with Crippen molar-refractivity contribution in [1.82, 2.24) is 0 Å². The lowest BCUT2D eigenvalue weighted by molar-refractivity contribution is 0.0905. The number of hydrogen-bond acceptors (Lipinski definition) is 2. The van der Waals surface area contributed by atoms with Gasteiger partial charge in [-0.15, -0.1) is 0 Å². The molecule has 0 spiro atoms. The van der Waals surface area contributed by atoms with Crippen molar-refractivity contribution in [1.29, 1.82) is 0 Å². The predicted octanol–water partition coefficient (Wildman–Crippen LogP) is 2.69. The minimum Gasteiger partial charge on any atom is -0.393 e. The first-order valence-corrected chi connectivity index (χ1v) is 6.66. The van der Waals surface area contributed by atoms with Gasteiger partial charge in [-0.1, -0.05) is 39.0 Å².